The van der Waals surface area contributed by atoms with Crippen LogP contribution in [0.15, 0.2) is 27.6 Å². The number of hydrogen-bond acceptors (Lipinski definition) is 3. The van der Waals surface area contributed by atoms with E-state index >= 15 is 0 Å². The topological polar surface area (TPSA) is 66.4 Å². The molecule has 2 fully saturated rings. The van der Waals surface area contributed by atoms with Gasteiger partial charge in [0.05, 0.1) is 11.5 Å². The third kappa shape index (κ3) is 3.08. The van der Waals surface area contributed by atoms with Crippen molar-refractivity contribution in [2.75, 3.05) is 0 Å². The average molecular weight is 360 g/mol. The summed E-state index contributed by atoms with van der Waals surface area (Å²) in [5.74, 6) is 1.02. The average Bonchev–Trinajstić information content (AvgIpc) is 3.29. The number of nitrogens with one attached hydrogen (secondary N) is 1. The van der Waals surface area contributed by atoms with E-state index in [1.807, 2.05) is 0 Å². The van der Waals surface area contributed by atoms with Crippen molar-refractivity contribution in [1.82, 2.24) is 4.72 Å². The van der Waals surface area contributed by atoms with Crippen LogP contribution in [0.3, 0.4) is 0 Å². The summed E-state index contributed by atoms with van der Waals surface area (Å²) in [4.78, 5) is 0.218. The van der Waals surface area contributed by atoms with Gasteiger partial charge in [-0.3, -0.25) is 0 Å². The summed E-state index contributed by atoms with van der Waals surface area (Å²) in [7, 11) is -3.54. The Balaban J connectivity index is 1.86. The number of sulfonamides is 1. The van der Waals surface area contributed by atoms with Gasteiger partial charge in [0.15, 0.2) is 0 Å². The lowest BCUT2D eigenvalue weighted by Crippen LogP contribution is -2.38. The molecular formula is C14H18BrNO3S. The van der Waals surface area contributed by atoms with Gasteiger partial charge in [-0.15, -0.1) is 0 Å². The van der Waals surface area contributed by atoms with Crippen LogP contribution in [0.25, 0.3) is 0 Å². The number of hydrogen-bond donors (Lipinski definition) is 2. The summed E-state index contributed by atoms with van der Waals surface area (Å²) in [6.07, 6.45) is 4.51. The molecule has 6 heteroatoms. The molecule has 1 aromatic rings. The molecule has 4 nitrogen and oxygen atoms in total. The summed E-state index contributed by atoms with van der Waals surface area (Å²) in [6.45, 7) is -0.162. The van der Waals surface area contributed by atoms with Gasteiger partial charge in [-0.2, -0.15) is 0 Å². The van der Waals surface area contributed by atoms with Gasteiger partial charge < -0.3 is 5.11 Å². The summed E-state index contributed by atoms with van der Waals surface area (Å²) in [5.41, 5.74) is 0.600. The normalized spacial score (nSPS) is 19.6. The van der Waals surface area contributed by atoms with Crippen molar-refractivity contribution in [3.05, 3.63) is 28.2 Å². The maximum atomic E-state index is 12.6. The van der Waals surface area contributed by atoms with Gasteiger partial charge in [0, 0.05) is 10.5 Å². The fourth-order valence-corrected chi connectivity index (χ4v) is 4.97. The summed E-state index contributed by atoms with van der Waals surface area (Å²) >= 11 is 3.29. The SMILES string of the molecule is O=S(=O)(NC(C1CC1)C1CC1)c1cc(CO)ccc1Br. The lowest BCUT2D eigenvalue weighted by molar-refractivity contribution is 0.281. The van der Waals surface area contributed by atoms with Crippen LogP contribution in [0.5, 0.6) is 0 Å². The van der Waals surface area contributed by atoms with Crippen molar-refractivity contribution in [2.45, 2.75) is 43.2 Å². The Morgan fingerprint density at radius 2 is 1.85 bits per heavy atom. The third-order valence-electron chi connectivity index (χ3n) is 4.02. The molecule has 2 saturated carbocycles. The minimum Gasteiger partial charge on any atom is -0.392 e. The van der Waals surface area contributed by atoms with Crippen molar-refractivity contribution < 1.29 is 13.5 Å². The number of aliphatic hydroxyl groups is 1. The van der Waals surface area contributed by atoms with Gasteiger partial charge >= 0.3 is 0 Å². The van der Waals surface area contributed by atoms with E-state index in [-0.39, 0.29) is 17.5 Å². The highest BCUT2D eigenvalue weighted by atomic mass is 79.9. The first kappa shape index (κ1) is 14.5. The predicted octanol–water partition coefficient (Wildman–Crippen LogP) is 2.41. The Morgan fingerprint density at radius 3 is 2.35 bits per heavy atom. The van der Waals surface area contributed by atoms with Crippen molar-refractivity contribution in [3.63, 3.8) is 0 Å². The smallest absolute Gasteiger partial charge is 0.241 e. The van der Waals surface area contributed by atoms with Gasteiger partial charge in [0.25, 0.3) is 0 Å². The molecule has 0 amide bonds. The molecule has 0 radical (unpaired) electrons. The zero-order valence-electron chi connectivity index (χ0n) is 11.0. The first-order valence-electron chi connectivity index (χ1n) is 6.93. The maximum Gasteiger partial charge on any atom is 0.241 e. The van der Waals surface area contributed by atoms with E-state index in [1.165, 1.54) is 6.07 Å². The van der Waals surface area contributed by atoms with Gasteiger partial charge in [0.2, 0.25) is 10.0 Å². The molecule has 0 aliphatic heterocycles. The number of rotatable bonds is 6. The molecule has 2 N–H and O–H groups in total. The van der Waals surface area contributed by atoms with Crippen LogP contribution in [0.2, 0.25) is 0 Å². The summed E-state index contributed by atoms with van der Waals surface area (Å²) in [6, 6.07) is 5.00. The van der Waals surface area contributed by atoms with E-state index in [9.17, 15) is 8.42 Å². The fourth-order valence-electron chi connectivity index (χ4n) is 2.58. The van der Waals surface area contributed by atoms with Gasteiger partial charge in [-0.25, -0.2) is 13.1 Å². The number of halogens is 1. The highest BCUT2D eigenvalue weighted by Crippen LogP contribution is 2.45. The van der Waals surface area contributed by atoms with Gasteiger partial charge in [-0.1, -0.05) is 6.07 Å². The molecule has 2 aliphatic rings. The lowest BCUT2D eigenvalue weighted by atomic mass is 10.1. The molecule has 0 unspecified atom stereocenters. The Hall–Kier alpha value is -0.430. The standard InChI is InChI=1S/C14H18BrNO3S/c15-12-6-1-9(8-17)7-13(12)20(18,19)16-14(10-2-3-10)11-4-5-11/h1,6-7,10-11,14,16-17H,2-5,8H2. The Labute approximate surface area is 127 Å². The van der Waals surface area contributed by atoms with Crippen LogP contribution >= 0.6 is 15.9 Å². The molecule has 0 heterocycles. The zero-order valence-corrected chi connectivity index (χ0v) is 13.5. The quantitative estimate of drug-likeness (QED) is 0.819. The lowest BCUT2D eigenvalue weighted by Gasteiger charge is -2.18. The molecule has 1 aromatic carbocycles. The first-order chi connectivity index (χ1) is 9.51. The van der Waals surface area contributed by atoms with Crippen LogP contribution < -0.4 is 4.72 Å². The summed E-state index contributed by atoms with van der Waals surface area (Å²) < 4.78 is 28.6. The zero-order chi connectivity index (χ0) is 14.3. The van der Waals surface area contributed by atoms with Gasteiger partial charge in [-0.05, 0) is 71.1 Å². The second-order valence-corrected chi connectivity index (χ2v) is 8.28. The molecule has 0 atom stereocenters. The van der Waals surface area contributed by atoms with E-state index in [0.29, 0.717) is 21.9 Å². The van der Waals surface area contributed by atoms with Crippen LogP contribution in [0, 0.1) is 11.8 Å². The van der Waals surface area contributed by atoms with Crippen LogP contribution in [-0.2, 0) is 16.6 Å². The molecule has 20 heavy (non-hydrogen) atoms. The highest BCUT2D eigenvalue weighted by molar-refractivity contribution is 9.10. The van der Waals surface area contributed by atoms with Crippen LogP contribution in [-0.4, -0.2) is 19.6 Å². The van der Waals surface area contributed by atoms with E-state index < -0.39 is 10.0 Å². The van der Waals surface area contributed by atoms with E-state index in [4.69, 9.17) is 5.11 Å². The Kier molecular flexibility index (Phi) is 3.92. The molecule has 2 aliphatic carbocycles. The second kappa shape index (κ2) is 5.40. The van der Waals surface area contributed by atoms with E-state index in [2.05, 4.69) is 20.7 Å². The first-order valence-corrected chi connectivity index (χ1v) is 9.20. The van der Waals surface area contributed by atoms with E-state index in [0.717, 1.165) is 25.7 Å². The number of aliphatic hydroxyl groups excluding tert-OH is 1. The van der Waals surface area contributed by atoms with Crippen LogP contribution in [0.4, 0.5) is 0 Å². The highest BCUT2D eigenvalue weighted by Gasteiger charge is 2.43. The van der Waals surface area contributed by atoms with E-state index in [1.54, 1.807) is 12.1 Å². The summed E-state index contributed by atoms with van der Waals surface area (Å²) in [5, 5.41) is 9.17. The number of benzene rings is 1. The second-order valence-electron chi connectivity index (χ2n) is 5.74. The monoisotopic (exact) mass is 359 g/mol. The Bertz CT molecular complexity index is 597. The molecular weight excluding hydrogens is 342 g/mol. The van der Waals surface area contributed by atoms with Gasteiger partial charge in [0.1, 0.15) is 0 Å². The van der Waals surface area contributed by atoms with Crippen LogP contribution in [0.1, 0.15) is 31.2 Å². The van der Waals surface area contributed by atoms with Crippen molar-refractivity contribution >= 4 is 26.0 Å². The molecule has 0 aromatic heterocycles. The minimum absolute atomic E-state index is 0.0877. The van der Waals surface area contributed by atoms with Crippen molar-refractivity contribution in [2.24, 2.45) is 11.8 Å². The largest absolute Gasteiger partial charge is 0.392 e. The molecule has 0 spiro atoms. The third-order valence-corrected chi connectivity index (χ3v) is 6.47. The predicted molar refractivity (Wildman–Crippen MR) is 79.6 cm³/mol. The van der Waals surface area contributed by atoms with Crippen molar-refractivity contribution in [3.8, 4) is 0 Å². The molecule has 0 saturated heterocycles. The maximum absolute atomic E-state index is 12.6. The van der Waals surface area contributed by atoms with Crippen molar-refractivity contribution in [1.29, 1.82) is 0 Å². The fraction of sp³-hybridized carbons (Fsp3) is 0.571. The minimum atomic E-state index is -3.54. The Morgan fingerprint density at radius 1 is 1.25 bits per heavy atom. The molecule has 0 bridgehead atoms. The molecule has 110 valence electrons. The molecule has 3 rings (SSSR count).